The Morgan fingerprint density at radius 1 is 1.25 bits per heavy atom. The van der Waals surface area contributed by atoms with Crippen molar-refractivity contribution in [3.8, 4) is 0 Å². The second kappa shape index (κ2) is 9.12. The van der Waals surface area contributed by atoms with Crippen molar-refractivity contribution in [3.05, 3.63) is 75.2 Å². The van der Waals surface area contributed by atoms with Crippen molar-refractivity contribution in [1.29, 1.82) is 0 Å². The van der Waals surface area contributed by atoms with E-state index in [1.54, 1.807) is 29.7 Å². The number of rotatable bonds is 7. The van der Waals surface area contributed by atoms with Crippen LogP contribution in [0.15, 0.2) is 58.5 Å². The number of amides is 1. The minimum atomic E-state index is -0.441. The first-order valence-corrected chi connectivity index (χ1v) is 10.1. The molecule has 2 N–H and O–H groups in total. The average molecular weight is 417 g/mol. The monoisotopic (exact) mass is 416 g/mol. The van der Waals surface area contributed by atoms with Gasteiger partial charge in [0.25, 0.3) is 0 Å². The van der Waals surface area contributed by atoms with E-state index in [1.165, 1.54) is 11.8 Å². The van der Waals surface area contributed by atoms with Crippen LogP contribution in [0.3, 0.4) is 0 Å². The lowest BCUT2D eigenvalue weighted by Crippen LogP contribution is -2.24. The number of aromatic amines is 1. The smallest absolute Gasteiger partial charge is 0.325 e. The van der Waals surface area contributed by atoms with E-state index in [0.29, 0.717) is 28.8 Å². The van der Waals surface area contributed by atoms with E-state index in [2.05, 4.69) is 15.5 Å². The lowest BCUT2D eigenvalue weighted by atomic mass is 10.1. The van der Waals surface area contributed by atoms with E-state index < -0.39 is 5.25 Å². The van der Waals surface area contributed by atoms with Crippen LogP contribution in [0.1, 0.15) is 18.1 Å². The van der Waals surface area contributed by atoms with Crippen molar-refractivity contribution in [1.82, 2.24) is 14.8 Å². The molecule has 0 aliphatic carbocycles. The molecule has 0 fully saturated rings. The summed E-state index contributed by atoms with van der Waals surface area (Å²) >= 11 is 7.35. The molecular formula is C20H21ClN4O2S. The molecule has 0 saturated carbocycles. The van der Waals surface area contributed by atoms with Gasteiger partial charge in [-0.2, -0.15) is 0 Å². The molecule has 1 atom stereocenters. The fraction of sp³-hybridized carbons (Fsp3) is 0.250. The Bertz CT molecular complexity index is 1020. The molecule has 0 aliphatic rings. The van der Waals surface area contributed by atoms with Gasteiger partial charge in [0.1, 0.15) is 0 Å². The fourth-order valence-corrected chi connectivity index (χ4v) is 3.72. The van der Waals surface area contributed by atoms with Crippen molar-refractivity contribution in [2.24, 2.45) is 0 Å². The van der Waals surface area contributed by atoms with Gasteiger partial charge < -0.3 is 5.32 Å². The van der Waals surface area contributed by atoms with Crippen LogP contribution < -0.4 is 11.0 Å². The number of hydrogen-bond donors (Lipinski definition) is 2. The van der Waals surface area contributed by atoms with Crippen molar-refractivity contribution in [2.45, 2.75) is 37.2 Å². The summed E-state index contributed by atoms with van der Waals surface area (Å²) in [6.07, 6.45) is 0.704. The SMILES string of the molecule is Cc1c(Cl)cccc1NC(=O)[C@H](C)Sc1n[nH]c(=O)n1CCc1ccccc1. The number of carbonyl (C=O) groups is 1. The summed E-state index contributed by atoms with van der Waals surface area (Å²) in [5, 5.41) is 10.1. The number of aryl methyl sites for hydroxylation is 1. The highest BCUT2D eigenvalue weighted by Gasteiger charge is 2.20. The zero-order chi connectivity index (χ0) is 20.1. The van der Waals surface area contributed by atoms with Crippen LogP contribution in [0.4, 0.5) is 5.69 Å². The minimum Gasteiger partial charge on any atom is -0.325 e. The number of benzene rings is 2. The largest absolute Gasteiger partial charge is 0.343 e. The van der Waals surface area contributed by atoms with Crippen LogP contribution in [0.5, 0.6) is 0 Å². The van der Waals surface area contributed by atoms with Crippen LogP contribution in [-0.4, -0.2) is 25.9 Å². The lowest BCUT2D eigenvalue weighted by Gasteiger charge is -2.14. The molecule has 0 bridgehead atoms. The highest BCUT2D eigenvalue weighted by atomic mass is 35.5. The first-order chi connectivity index (χ1) is 13.5. The van der Waals surface area contributed by atoms with Crippen LogP contribution in [0, 0.1) is 6.92 Å². The highest BCUT2D eigenvalue weighted by molar-refractivity contribution is 8.00. The van der Waals surface area contributed by atoms with E-state index >= 15 is 0 Å². The summed E-state index contributed by atoms with van der Waals surface area (Å²) in [6.45, 7) is 4.12. The Kier molecular flexibility index (Phi) is 6.59. The van der Waals surface area contributed by atoms with Gasteiger partial charge in [-0.05, 0) is 43.5 Å². The molecule has 1 aromatic heterocycles. The number of nitrogens with one attached hydrogen (secondary N) is 2. The van der Waals surface area contributed by atoms with Crippen molar-refractivity contribution < 1.29 is 4.79 Å². The van der Waals surface area contributed by atoms with Gasteiger partial charge in [0.15, 0.2) is 5.16 Å². The molecule has 0 radical (unpaired) electrons. The normalized spacial score (nSPS) is 12.0. The average Bonchev–Trinajstić information content (AvgIpc) is 3.04. The molecule has 2 aromatic carbocycles. The predicted octanol–water partition coefficient (Wildman–Crippen LogP) is 3.90. The van der Waals surface area contributed by atoms with Crippen LogP contribution in [0.25, 0.3) is 0 Å². The molecular weight excluding hydrogens is 396 g/mol. The molecule has 0 saturated heterocycles. The molecule has 3 aromatic rings. The summed E-state index contributed by atoms with van der Waals surface area (Å²) in [7, 11) is 0. The van der Waals surface area contributed by atoms with Gasteiger partial charge in [0, 0.05) is 17.3 Å². The van der Waals surface area contributed by atoms with Gasteiger partial charge >= 0.3 is 5.69 Å². The molecule has 28 heavy (non-hydrogen) atoms. The fourth-order valence-electron chi connectivity index (χ4n) is 2.66. The second-order valence-corrected chi connectivity index (χ2v) is 8.08. The summed E-state index contributed by atoms with van der Waals surface area (Å²) in [5.41, 5.74) is 2.34. The van der Waals surface area contributed by atoms with Crippen molar-refractivity contribution >= 4 is 35.0 Å². The molecule has 0 unspecified atom stereocenters. The summed E-state index contributed by atoms with van der Waals surface area (Å²) < 4.78 is 1.56. The zero-order valence-corrected chi connectivity index (χ0v) is 17.2. The number of carbonyl (C=O) groups excluding carboxylic acids is 1. The first kappa shape index (κ1) is 20.2. The molecule has 1 heterocycles. The summed E-state index contributed by atoms with van der Waals surface area (Å²) in [6, 6.07) is 15.3. The van der Waals surface area contributed by atoms with Crippen LogP contribution >= 0.6 is 23.4 Å². The van der Waals surface area contributed by atoms with E-state index in [4.69, 9.17) is 11.6 Å². The Morgan fingerprint density at radius 3 is 2.75 bits per heavy atom. The van der Waals surface area contributed by atoms with Crippen molar-refractivity contribution in [2.75, 3.05) is 5.32 Å². The molecule has 3 rings (SSSR count). The first-order valence-electron chi connectivity index (χ1n) is 8.87. The maximum Gasteiger partial charge on any atom is 0.343 e. The van der Waals surface area contributed by atoms with Crippen molar-refractivity contribution in [3.63, 3.8) is 0 Å². The maximum atomic E-state index is 12.6. The van der Waals surface area contributed by atoms with Crippen LogP contribution in [-0.2, 0) is 17.8 Å². The van der Waals surface area contributed by atoms with Gasteiger partial charge in [0.2, 0.25) is 5.91 Å². The molecule has 0 aliphatic heterocycles. The third-order valence-corrected chi connectivity index (χ3v) is 5.87. The predicted molar refractivity (Wildman–Crippen MR) is 113 cm³/mol. The molecule has 146 valence electrons. The zero-order valence-electron chi connectivity index (χ0n) is 15.6. The molecule has 0 spiro atoms. The Balaban J connectivity index is 1.67. The lowest BCUT2D eigenvalue weighted by molar-refractivity contribution is -0.115. The highest BCUT2D eigenvalue weighted by Crippen LogP contribution is 2.25. The number of hydrogen-bond acceptors (Lipinski definition) is 4. The maximum absolute atomic E-state index is 12.6. The van der Waals surface area contributed by atoms with Gasteiger partial charge in [0.05, 0.1) is 5.25 Å². The molecule has 8 heteroatoms. The van der Waals surface area contributed by atoms with Gasteiger partial charge in [-0.15, -0.1) is 5.10 Å². The topological polar surface area (TPSA) is 79.8 Å². The number of H-pyrrole nitrogens is 1. The van der Waals surface area contributed by atoms with Gasteiger partial charge in [-0.25, -0.2) is 9.89 Å². The summed E-state index contributed by atoms with van der Waals surface area (Å²) in [4.78, 5) is 24.7. The molecule has 6 nitrogen and oxygen atoms in total. The number of nitrogens with zero attached hydrogens (tertiary/aromatic N) is 2. The Labute approximate surface area is 172 Å². The number of halogens is 1. The number of anilines is 1. The van der Waals surface area contributed by atoms with Crippen LogP contribution in [0.2, 0.25) is 5.02 Å². The minimum absolute atomic E-state index is 0.180. The third-order valence-electron chi connectivity index (χ3n) is 4.37. The summed E-state index contributed by atoms with van der Waals surface area (Å²) in [5.74, 6) is -0.180. The Hall–Kier alpha value is -2.51. The van der Waals surface area contributed by atoms with E-state index in [1.807, 2.05) is 37.3 Å². The second-order valence-electron chi connectivity index (χ2n) is 6.36. The number of aromatic nitrogens is 3. The van der Waals surface area contributed by atoms with Gasteiger partial charge in [-0.1, -0.05) is 59.8 Å². The van der Waals surface area contributed by atoms with E-state index in [9.17, 15) is 9.59 Å². The quantitative estimate of drug-likeness (QED) is 0.572. The van der Waals surface area contributed by atoms with E-state index in [-0.39, 0.29) is 11.6 Å². The standard InChI is InChI=1S/C20H21ClN4O2S/c1-13-16(21)9-6-10-17(13)22-18(26)14(2)28-20-24-23-19(27)25(20)12-11-15-7-4-3-5-8-15/h3-10,14H,11-12H2,1-2H3,(H,22,26)(H,23,27)/t14-/m0/s1. The Morgan fingerprint density at radius 2 is 2.00 bits per heavy atom. The van der Waals surface area contributed by atoms with E-state index in [0.717, 1.165) is 11.1 Å². The third kappa shape index (κ3) is 4.85. The number of thioether (sulfide) groups is 1. The molecule has 1 amide bonds. The van der Waals surface area contributed by atoms with Gasteiger partial charge in [-0.3, -0.25) is 9.36 Å².